The lowest BCUT2D eigenvalue weighted by atomic mass is 9.73. The lowest BCUT2D eigenvalue weighted by Crippen LogP contribution is -2.54. The van der Waals surface area contributed by atoms with E-state index in [-0.39, 0.29) is 11.5 Å². The van der Waals surface area contributed by atoms with Gasteiger partial charge in [-0.1, -0.05) is 32.6 Å². The van der Waals surface area contributed by atoms with Crippen LogP contribution < -0.4 is 0 Å². The predicted octanol–water partition coefficient (Wildman–Crippen LogP) is 3.50. The summed E-state index contributed by atoms with van der Waals surface area (Å²) in [5.74, 6) is 0.729. The summed E-state index contributed by atoms with van der Waals surface area (Å²) < 4.78 is 0. The van der Waals surface area contributed by atoms with Crippen LogP contribution in [0.4, 0.5) is 0 Å². The molecule has 1 N–H and O–H groups in total. The van der Waals surface area contributed by atoms with Crippen molar-refractivity contribution in [2.24, 2.45) is 11.3 Å². The minimum Gasteiger partial charge on any atom is -0.393 e. The van der Waals surface area contributed by atoms with Crippen molar-refractivity contribution >= 4 is 5.91 Å². The van der Waals surface area contributed by atoms with Gasteiger partial charge in [-0.05, 0) is 44.9 Å². The Bertz CT molecular complexity index is 375. The molecule has 0 aromatic carbocycles. The molecule has 3 atom stereocenters. The van der Waals surface area contributed by atoms with Crippen molar-refractivity contribution in [1.82, 2.24) is 4.90 Å². The lowest BCUT2D eigenvalue weighted by Gasteiger charge is -2.45. The first-order chi connectivity index (χ1) is 10.1. The van der Waals surface area contributed by atoms with Crippen molar-refractivity contribution in [3.05, 3.63) is 0 Å². The van der Waals surface area contributed by atoms with Gasteiger partial charge in [0.2, 0.25) is 5.91 Å². The molecule has 0 aromatic heterocycles. The smallest absolute Gasteiger partial charge is 0.228 e. The van der Waals surface area contributed by atoms with E-state index in [0.29, 0.717) is 17.9 Å². The zero-order valence-corrected chi connectivity index (χ0v) is 13.5. The maximum absolute atomic E-state index is 13.2. The second-order valence-electron chi connectivity index (χ2n) is 7.85. The molecule has 0 spiro atoms. The van der Waals surface area contributed by atoms with Crippen LogP contribution in [0.2, 0.25) is 0 Å². The van der Waals surface area contributed by atoms with Gasteiger partial charge in [0.05, 0.1) is 6.10 Å². The molecule has 0 aromatic rings. The third-order valence-corrected chi connectivity index (χ3v) is 6.31. The van der Waals surface area contributed by atoms with Gasteiger partial charge in [-0.15, -0.1) is 0 Å². The molecule has 1 saturated heterocycles. The average molecular weight is 293 g/mol. The summed E-state index contributed by atoms with van der Waals surface area (Å²) in [7, 11) is 0. The topological polar surface area (TPSA) is 40.5 Å². The van der Waals surface area contributed by atoms with Gasteiger partial charge in [0.1, 0.15) is 0 Å². The van der Waals surface area contributed by atoms with Gasteiger partial charge in [-0.2, -0.15) is 0 Å². The lowest BCUT2D eigenvalue weighted by molar-refractivity contribution is -0.149. The Labute approximate surface area is 129 Å². The molecule has 3 heteroatoms. The number of likely N-dealkylation sites (tertiary alicyclic amines) is 1. The number of carbonyl (C=O) groups is 1. The Balaban J connectivity index is 1.75. The highest BCUT2D eigenvalue weighted by atomic mass is 16.3. The van der Waals surface area contributed by atoms with Crippen LogP contribution in [0.3, 0.4) is 0 Å². The van der Waals surface area contributed by atoms with Crippen LogP contribution in [-0.4, -0.2) is 34.6 Å². The van der Waals surface area contributed by atoms with E-state index in [1.54, 1.807) is 0 Å². The largest absolute Gasteiger partial charge is 0.393 e. The van der Waals surface area contributed by atoms with Crippen molar-refractivity contribution < 1.29 is 9.90 Å². The molecule has 1 aliphatic heterocycles. The SMILES string of the molecule is CC1(C(=O)N2CCCCC2C2CCCC2O)CCCCC1. The summed E-state index contributed by atoms with van der Waals surface area (Å²) in [4.78, 5) is 15.4. The number of amides is 1. The summed E-state index contributed by atoms with van der Waals surface area (Å²) in [5, 5.41) is 10.3. The molecule has 120 valence electrons. The van der Waals surface area contributed by atoms with Gasteiger partial charge in [-0.3, -0.25) is 4.79 Å². The Hall–Kier alpha value is -0.570. The fraction of sp³-hybridized carbons (Fsp3) is 0.944. The second-order valence-corrected chi connectivity index (χ2v) is 7.85. The highest BCUT2D eigenvalue weighted by Gasteiger charge is 2.44. The third kappa shape index (κ3) is 2.99. The van der Waals surface area contributed by atoms with Crippen LogP contribution in [0.15, 0.2) is 0 Å². The van der Waals surface area contributed by atoms with Gasteiger partial charge in [0.15, 0.2) is 0 Å². The molecular formula is C18H31NO2. The van der Waals surface area contributed by atoms with Crippen molar-refractivity contribution in [1.29, 1.82) is 0 Å². The van der Waals surface area contributed by atoms with E-state index in [1.165, 1.54) is 25.7 Å². The number of piperidine rings is 1. The van der Waals surface area contributed by atoms with Gasteiger partial charge < -0.3 is 10.0 Å². The summed E-state index contributed by atoms with van der Waals surface area (Å²) in [6.07, 6.45) is 12.2. The van der Waals surface area contributed by atoms with Gasteiger partial charge >= 0.3 is 0 Å². The van der Waals surface area contributed by atoms with Gasteiger partial charge in [-0.25, -0.2) is 0 Å². The molecule has 21 heavy (non-hydrogen) atoms. The number of hydrogen-bond acceptors (Lipinski definition) is 2. The van der Waals surface area contributed by atoms with Crippen molar-refractivity contribution in [3.8, 4) is 0 Å². The molecule has 1 amide bonds. The first-order valence-electron chi connectivity index (χ1n) is 9.11. The van der Waals surface area contributed by atoms with Gasteiger partial charge in [0, 0.05) is 23.9 Å². The standard InChI is InChI=1S/C18H31NO2/c1-18(11-4-2-5-12-18)17(21)19-13-6-3-9-15(19)14-8-7-10-16(14)20/h14-16,20H,2-13H2,1H3. The van der Waals surface area contributed by atoms with E-state index >= 15 is 0 Å². The molecule has 2 saturated carbocycles. The predicted molar refractivity (Wildman–Crippen MR) is 83.9 cm³/mol. The number of aliphatic hydroxyl groups excluding tert-OH is 1. The Kier molecular flexibility index (Phi) is 4.58. The minimum atomic E-state index is -0.178. The molecule has 3 nitrogen and oxygen atoms in total. The normalized spacial score (nSPS) is 36.7. The summed E-state index contributed by atoms with van der Waals surface area (Å²) in [6.45, 7) is 3.10. The molecular weight excluding hydrogens is 262 g/mol. The number of nitrogens with zero attached hydrogens (tertiary/aromatic N) is 1. The molecule has 3 unspecified atom stereocenters. The van der Waals surface area contributed by atoms with Gasteiger partial charge in [0.25, 0.3) is 0 Å². The quantitative estimate of drug-likeness (QED) is 0.846. The second kappa shape index (κ2) is 6.28. The number of hydrogen-bond donors (Lipinski definition) is 1. The zero-order valence-electron chi connectivity index (χ0n) is 13.5. The number of aliphatic hydroxyl groups is 1. The van der Waals surface area contributed by atoms with Crippen LogP contribution in [0.25, 0.3) is 0 Å². The van der Waals surface area contributed by atoms with E-state index in [4.69, 9.17) is 0 Å². The molecule has 3 fully saturated rings. The molecule has 0 bridgehead atoms. The first kappa shape index (κ1) is 15.3. The van der Waals surface area contributed by atoms with E-state index in [2.05, 4.69) is 11.8 Å². The van der Waals surface area contributed by atoms with E-state index in [9.17, 15) is 9.90 Å². The summed E-state index contributed by atoms with van der Waals surface area (Å²) in [6, 6.07) is 0.308. The number of carbonyl (C=O) groups excluding carboxylic acids is 1. The Morgan fingerprint density at radius 2 is 1.76 bits per heavy atom. The van der Waals surface area contributed by atoms with Crippen molar-refractivity contribution in [2.75, 3.05) is 6.54 Å². The average Bonchev–Trinajstić information content (AvgIpc) is 2.93. The third-order valence-electron chi connectivity index (χ3n) is 6.31. The number of rotatable bonds is 2. The van der Waals surface area contributed by atoms with Crippen molar-refractivity contribution in [2.45, 2.75) is 89.7 Å². The summed E-state index contributed by atoms with van der Waals surface area (Å²) >= 11 is 0. The molecule has 3 rings (SSSR count). The molecule has 0 radical (unpaired) electrons. The molecule has 2 aliphatic carbocycles. The Morgan fingerprint density at radius 3 is 2.43 bits per heavy atom. The summed E-state index contributed by atoms with van der Waals surface area (Å²) in [5.41, 5.74) is -0.128. The molecule has 3 aliphatic rings. The van der Waals surface area contributed by atoms with E-state index in [1.807, 2.05) is 0 Å². The van der Waals surface area contributed by atoms with Crippen LogP contribution in [-0.2, 0) is 4.79 Å². The first-order valence-corrected chi connectivity index (χ1v) is 9.11. The minimum absolute atomic E-state index is 0.128. The van der Waals surface area contributed by atoms with Crippen molar-refractivity contribution in [3.63, 3.8) is 0 Å². The van der Waals surface area contributed by atoms with E-state index in [0.717, 1.165) is 51.5 Å². The monoisotopic (exact) mass is 293 g/mol. The highest BCUT2D eigenvalue weighted by Crippen LogP contribution is 2.41. The van der Waals surface area contributed by atoms with Crippen LogP contribution in [0, 0.1) is 11.3 Å². The van der Waals surface area contributed by atoms with Crippen LogP contribution in [0.5, 0.6) is 0 Å². The van der Waals surface area contributed by atoms with E-state index < -0.39 is 0 Å². The van der Waals surface area contributed by atoms with Crippen LogP contribution >= 0.6 is 0 Å². The Morgan fingerprint density at radius 1 is 1.00 bits per heavy atom. The highest BCUT2D eigenvalue weighted by molar-refractivity contribution is 5.83. The fourth-order valence-corrected chi connectivity index (χ4v) is 4.97. The molecule has 1 heterocycles. The zero-order chi connectivity index (χ0) is 14.9. The maximum atomic E-state index is 13.2. The maximum Gasteiger partial charge on any atom is 0.228 e. The fourth-order valence-electron chi connectivity index (χ4n) is 4.97. The van der Waals surface area contributed by atoms with Crippen LogP contribution in [0.1, 0.15) is 77.6 Å².